The smallest absolute Gasteiger partial charge is 0.188 e. The molecule has 0 radical (unpaired) electrons. The predicted molar refractivity (Wildman–Crippen MR) is 155 cm³/mol. The van der Waals surface area contributed by atoms with Gasteiger partial charge in [0.15, 0.2) is 13.1 Å². The second kappa shape index (κ2) is 32.4. The van der Waals surface area contributed by atoms with Crippen molar-refractivity contribution in [3.05, 3.63) is 12.3 Å². The van der Waals surface area contributed by atoms with Gasteiger partial charge in [-0.2, -0.15) is 0 Å². The zero-order chi connectivity index (χ0) is 26.2. The molecule has 4 nitrogen and oxygen atoms in total. The molecule has 0 bridgehead atoms. The summed E-state index contributed by atoms with van der Waals surface area (Å²) in [7, 11) is 0. The number of rotatable bonds is 31. The fraction of sp³-hybridized carbons (Fsp3) is 0.938. The van der Waals surface area contributed by atoms with Gasteiger partial charge in [-0.25, -0.2) is 0 Å². The summed E-state index contributed by atoms with van der Waals surface area (Å²) >= 11 is 0. The van der Waals surface area contributed by atoms with E-state index < -0.39 is 0 Å². The van der Waals surface area contributed by atoms with Crippen molar-refractivity contribution in [1.29, 1.82) is 0 Å². The van der Waals surface area contributed by atoms with E-state index in [0.29, 0.717) is 6.79 Å². The zero-order valence-electron chi connectivity index (χ0n) is 24.7. The topological polar surface area (TPSA) is 36.9 Å². The molecule has 0 spiro atoms. The molecule has 4 heteroatoms. The third kappa shape index (κ3) is 29.6. The molecule has 216 valence electrons. The molecule has 0 aromatic heterocycles. The molecule has 0 N–H and O–H groups in total. The minimum Gasteiger partial charge on any atom is -0.475 e. The summed E-state index contributed by atoms with van der Waals surface area (Å²) in [5.41, 5.74) is 0. The highest BCUT2D eigenvalue weighted by molar-refractivity contribution is 4.73. The lowest BCUT2D eigenvalue weighted by molar-refractivity contribution is -0.146. The van der Waals surface area contributed by atoms with Crippen molar-refractivity contribution in [2.75, 3.05) is 26.6 Å². The highest BCUT2D eigenvalue weighted by Gasteiger charge is 2.08. The Morgan fingerprint density at radius 2 is 0.917 bits per heavy atom. The maximum atomic E-state index is 6.11. The van der Waals surface area contributed by atoms with Gasteiger partial charge in [0, 0.05) is 19.6 Å². The molecular weight excluding hydrogens is 448 g/mol. The molecule has 0 saturated carbocycles. The summed E-state index contributed by atoms with van der Waals surface area (Å²) < 4.78 is 23.3. The fourth-order valence-electron chi connectivity index (χ4n) is 4.26. The fourth-order valence-corrected chi connectivity index (χ4v) is 4.26. The molecule has 0 aliphatic rings. The van der Waals surface area contributed by atoms with Crippen molar-refractivity contribution in [3.8, 4) is 0 Å². The number of allylic oxidation sites excluding steroid dienone is 1. The average molecular weight is 513 g/mol. The average Bonchev–Trinajstić information content (AvgIpc) is 2.89. The van der Waals surface area contributed by atoms with E-state index in [4.69, 9.17) is 18.9 Å². The van der Waals surface area contributed by atoms with E-state index in [1.165, 1.54) is 109 Å². The van der Waals surface area contributed by atoms with Gasteiger partial charge in [0.25, 0.3) is 0 Å². The van der Waals surface area contributed by atoms with Gasteiger partial charge in [0.2, 0.25) is 0 Å². The summed E-state index contributed by atoms with van der Waals surface area (Å²) in [4.78, 5) is 0. The molecular formula is C32H64O4. The molecule has 0 aliphatic carbocycles. The first-order chi connectivity index (χ1) is 17.8. The molecule has 0 rings (SSSR count). The predicted octanol–water partition coefficient (Wildman–Crippen LogP) is 10.5. The molecule has 0 aromatic carbocycles. The van der Waals surface area contributed by atoms with Crippen LogP contribution in [0.25, 0.3) is 0 Å². The molecule has 0 aromatic rings. The Balaban J connectivity index is 3.89. The first-order valence-electron chi connectivity index (χ1n) is 15.9. The number of hydrogen-bond donors (Lipinski definition) is 0. The lowest BCUT2D eigenvalue weighted by atomic mass is 10.1. The van der Waals surface area contributed by atoms with E-state index in [9.17, 15) is 0 Å². The summed E-state index contributed by atoms with van der Waals surface area (Å²) in [5.74, 6) is 0. The highest BCUT2D eigenvalue weighted by Crippen LogP contribution is 2.12. The standard InChI is InChI=1S/C32H64O4/c1-4-7-10-13-16-19-23-29-35-32(36-30-24-20-17-14-11-8-5-2)26-21-25-28-34-31-33-27-22-18-15-12-9-6-3/h25,28,32H,4-24,26-27,29-31H2,1-3H3. The molecule has 0 fully saturated rings. The van der Waals surface area contributed by atoms with Crippen molar-refractivity contribution in [2.24, 2.45) is 0 Å². The van der Waals surface area contributed by atoms with Gasteiger partial charge in [-0.1, -0.05) is 130 Å². The maximum absolute atomic E-state index is 6.11. The largest absolute Gasteiger partial charge is 0.475 e. The van der Waals surface area contributed by atoms with Crippen molar-refractivity contribution >= 4 is 0 Å². The second-order valence-electron chi connectivity index (χ2n) is 10.3. The van der Waals surface area contributed by atoms with Crippen LogP contribution in [0.15, 0.2) is 12.3 Å². The SMILES string of the molecule is CCCCCCCCCOC(CCC=COCOCCCCCCCC)OCCCCCCCCC. The van der Waals surface area contributed by atoms with Gasteiger partial charge in [0.05, 0.1) is 12.9 Å². The maximum Gasteiger partial charge on any atom is 0.188 e. The monoisotopic (exact) mass is 512 g/mol. The Hall–Kier alpha value is -0.580. The summed E-state index contributed by atoms with van der Waals surface area (Å²) in [6.07, 6.45) is 31.5. The summed E-state index contributed by atoms with van der Waals surface area (Å²) in [6, 6.07) is 0. The van der Waals surface area contributed by atoms with Crippen LogP contribution >= 0.6 is 0 Å². The molecule has 0 saturated heterocycles. The Morgan fingerprint density at radius 1 is 0.500 bits per heavy atom. The minimum absolute atomic E-state index is 0.0983. The van der Waals surface area contributed by atoms with Crippen molar-refractivity contribution < 1.29 is 18.9 Å². The van der Waals surface area contributed by atoms with Crippen LogP contribution in [-0.2, 0) is 18.9 Å². The van der Waals surface area contributed by atoms with E-state index in [1.807, 2.05) is 0 Å². The van der Waals surface area contributed by atoms with Gasteiger partial charge >= 0.3 is 0 Å². The second-order valence-corrected chi connectivity index (χ2v) is 10.3. The van der Waals surface area contributed by atoms with Crippen molar-refractivity contribution in [2.45, 2.75) is 168 Å². The molecule has 0 unspecified atom stereocenters. The van der Waals surface area contributed by atoms with Crippen LogP contribution in [0, 0.1) is 0 Å². The molecule has 0 atom stereocenters. The Morgan fingerprint density at radius 3 is 1.39 bits per heavy atom. The van der Waals surface area contributed by atoms with E-state index >= 15 is 0 Å². The zero-order valence-corrected chi connectivity index (χ0v) is 24.7. The normalized spacial score (nSPS) is 11.8. The van der Waals surface area contributed by atoms with Gasteiger partial charge in [-0.3, -0.25) is 0 Å². The van der Waals surface area contributed by atoms with Gasteiger partial charge in [0.1, 0.15) is 0 Å². The molecule has 0 aliphatic heterocycles. The Kier molecular flexibility index (Phi) is 31.9. The first-order valence-corrected chi connectivity index (χ1v) is 15.9. The van der Waals surface area contributed by atoms with E-state index in [-0.39, 0.29) is 6.29 Å². The van der Waals surface area contributed by atoms with Crippen LogP contribution in [0.1, 0.15) is 162 Å². The van der Waals surface area contributed by atoms with Crippen LogP contribution in [0.2, 0.25) is 0 Å². The van der Waals surface area contributed by atoms with Gasteiger partial charge in [-0.05, 0) is 31.8 Å². The van der Waals surface area contributed by atoms with Crippen LogP contribution in [-0.4, -0.2) is 32.9 Å². The highest BCUT2D eigenvalue weighted by atomic mass is 16.7. The van der Waals surface area contributed by atoms with Crippen LogP contribution in [0.4, 0.5) is 0 Å². The Labute approximate surface area is 226 Å². The number of unbranched alkanes of at least 4 members (excludes halogenated alkanes) is 17. The van der Waals surface area contributed by atoms with E-state index in [1.54, 1.807) is 6.26 Å². The van der Waals surface area contributed by atoms with Gasteiger partial charge in [-0.15, -0.1) is 0 Å². The van der Waals surface area contributed by atoms with Crippen molar-refractivity contribution in [1.82, 2.24) is 0 Å². The lowest BCUT2D eigenvalue weighted by Gasteiger charge is -2.18. The van der Waals surface area contributed by atoms with Crippen LogP contribution in [0.5, 0.6) is 0 Å². The molecule has 0 heterocycles. The van der Waals surface area contributed by atoms with E-state index in [2.05, 4.69) is 26.8 Å². The van der Waals surface area contributed by atoms with Gasteiger partial charge < -0.3 is 18.9 Å². The lowest BCUT2D eigenvalue weighted by Crippen LogP contribution is -2.18. The van der Waals surface area contributed by atoms with E-state index in [0.717, 1.165) is 51.9 Å². The number of ether oxygens (including phenoxy) is 4. The van der Waals surface area contributed by atoms with Crippen molar-refractivity contribution in [3.63, 3.8) is 0 Å². The quantitative estimate of drug-likeness (QED) is 0.0526. The third-order valence-electron chi connectivity index (χ3n) is 6.66. The summed E-state index contributed by atoms with van der Waals surface area (Å²) in [6.45, 7) is 9.55. The molecule has 36 heavy (non-hydrogen) atoms. The third-order valence-corrected chi connectivity index (χ3v) is 6.66. The Bertz CT molecular complexity index is 393. The minimum atomic E-state index is -0.0983. The first kappa shape index (κ1) is 35.4. The van der Waals surface area contributed by atoms with Crippen LogP contribution in [0.3, 0.4) is 0 Å². The molecule has 0 amide bonds. The van der Waals surface area contributed by atoms with Crippen LogP contribution < -0.4 is 0 Å². The number of hydrogen-bond acceptors (Lipinski definition) is 4. The summed E-state index contributed by atoms with van der Waals surface area (Å²) in [5, 5.41) is 0.